The Kier molecular flexibility index (Phi) is 4.60. The van der Waals surface area contributed by atoms with Crippen LogP contribution in [0.2, 0.25) is 0 Å². The van der Waals surface area contributed by atoms with E-state index in [2.05, 4.69) is 10.1 Å². The van der Waals surface area contributed by atoms with E-state index >= 15 is 0 Å². The Morgan fingerprint density at radius 1 is 1.20 bits per heavy atom. The summed E-state index contributed by atoms with van der Waals surface area (Å²) in [6.45, 7) is 3.67. The first kappa shape index (κ1) is 16.8. The first-order chi connectivity index (χ1) is 12.0. The minimum atomic E-state index is -0.555. The van der Waals surface area contributed by atoms with Gasteiger partial charge in [0.1, 0.15) is 0 Å². The van der Waals surface area contributed by atoms with Crippen molar-refractivity contribution in [3.8, 4) is 0 Å². The molecular weight excluding hydrogens is 326 g/mol. The molecular formula is C17H17N3O5. The van der Waals surface area contributed by atoms with Gasteiger partial charge in [-0.1, -0.05) is 31.1 Å². The highest BCUT2D eigenvalue weighted by atomic mass is 16.6. The van der Waals surface area contributed by atoms with Gasteiger partial charge in [-0.25, -0.2) is 0 Å². The molecule has 0 saturated carbocycles. The van der Waals surface area contributed by atoms with Crippen LogP contribution in [0.1, 0.15) is 58.6 Å². The van der Waals surface area contributed by atoms with Crippen LogP contribution in [0.25, 0.3) is 0 Å². The number of ether oxygens (including phenoxy) is 1. The van der Waals surface area contributed by atoms with Gasteiger partial charge < -0.3 is 9.26 Å². The van der Waals surface area contributed by atoms with Crippen molar-refractivity contribution >= 4 is 17.8 Å². The lowest BCUT2D eigenvalue weighted by molar-refractivity contribution is -0.145. The lowest BCUT2D eigenvalue weighted by Crippen LogP contribution is -2.32. The summed E-state index contributed by atoms with van der Waals surface area (Å²) in [4.78, 5) is 41.4. The van der Waals surface area contributed by atoms with Gasteiger partial charge in [-0.15, -0.1) is 0 Å². The van der Waals surface area contributed by atoms with Gasteiger partial charge in [-0.3, -0.25) is 19.3 Å². The number of imide groups is 1. The van der Waals surface area contributed by atoms with E-state index in [0.717, 1.165) is 4.90 Å². The zero-order valence-corrected chi connectivity index (χ0v) is 13.9. The molecule has 2 heterocycles. The van der Waals surface area contributed by atoms with E-state index in [0.29, 0.717) is 17.0 Å². The summed E-state index contributed by atoms with van der Waals surface area (Å²) in [6.07, 6.45) is -0.101. The Hall–Kier alpha value is -3.03. The number of amides is 2. The number of rotatable bonds is 6. The molecule has 25 heavy (non-hydrogen) atoms. The number of hydrogen-bond donors (Lipinski definition) is 0. The highest BCUT2D eigenvalue weighted by molar-refractivity contribution is 6.21. The molecule has 0 fully saturated rings. The maximum absolute atomic E-state index is 12.2. The van der Waals surface area contributed by atoms with Crippen LogP contribution >= 0.6 is 0 Å². The standard InChI is InChI=1S/C17H17N3O5/c1-10(2)15-18-13(25-19-15)9-24-14(21)7-8-20-16(22)11-5-3-4-6-12(11)17(20)23/h3-6,10H,7-9H2,1-2H3. The molecule has 130 valence electrons. The van der Waals surface area contributed by atoms with Gasteiger partial charge in [-0.05, 0) is 12.1 Å². The lowest BCUT2D eigenvalue weighted by Gasteiger charge is -2.12. The van der Waals surface area contributed by atoms with Crippen molar-refractivity contribution in [2.75, 3.05) is 6.54 Å². The number of hydrogen-bond acceptors (Lipinski definition) is 7. The van der Waals surface area contributed by atoms with Crippen LogP contribution in [0.3, 0.4) is 0 Å². The number of carbonyl (C=O) groups is 3. The molecule has 0 unspecified atom stereocenters. The molecule has 8 nitrogen and oxygen atoms in total. The largest absolute Gasteiger partial charge is 0.456 e. The van der Waals surface area contributed by atoms with Crippen LogP contribution < -0.4 is 0 Å². The van der Waals surface area contributed by atoms with E-state index in [1.165, 1.54) is 0 Å². The summed E-state index contributed by atoms with van der Waals surface area (Å²) < 4.78 is 10.0. The Bertz CT molecular complexity index is 792. The van der Waals surface area contributed by atoms with Crippen molar-refractivity contribution in [1.29, 1.82) is 0 Å². The minimum Gasteiger partial charge on any atom is -0.456 e. The molecule has 3 rings (SSSR count). The second-order valence-corrected chi connectivity index (χ2v) is 5.92. The molecule has 0 bridgehead atoms. The lowest BCUT2D eigenvalue weighted by atomic mass is 10.1. The van der Waals surface area contributed by atoms with Gasteiger partial charge in [0.25, 0.3) is 17.7 Å². The van der Waals surface area contributed by atoms with Crippen molar-refractivity contribution < 1.29 is 23.6 Å². The van der Waals surface area contributed by atoms with Gasteiger partial charge in [-0.2, -0.15) is 4.98 Å². The van der Waals surface area contributed by atoms with Gasteiger partial charge in [0.05, 0.1) is 17.5 Å². The third kappa shape index (κ3) is 3.42. The molecule has 0 N–H and O–H groups in total. The minimum absolute atomic E-state index is 0.0355. The average Bonchev–Trinajstić information content (AvgIpc) is 3.17. The summed E-state index contributed by atoms with van der Waals surface area (Å²) in [5, 5.41) is 3.77. The highest BCUT2D eigenvalue weighted by Crippen LogP contribution is 2.22. The van der Waals surface area contributed by atoms with E-state index < -0.39 is 17.8 Å². The van der Waals surface area contributed by atoms with Gasteiger partial charge >= 0.3 is 5.97 Å². The molecule has 1 aliphatic heterocycles. The van der Waals surface area contributed by atoms with Crippen molar-refractivity contribution in [3.05, 3.63) is 47.1 Å². The Balaban J connectivity index is 1.51. The quantitative estimate of drug-likeness (QED) is 0.583. The molecule has 0 spiro atoms. The fourth-order valence-corrected chi connectivity index (χ4v) is 2.42. The third-order valence-corrected chi connectivity index (χ3v) is 3.77. The smallest absolute Gasteiger partial charge is 0.308 e. The molecule has 2 amide bonds. The predicted molar refractivity (Wildman–Crippen MR) is 84.6 cm³/mol. The molecule has 0 saturated heterocycles. The summed E-state index contributed by atoms with van der Waals surface area (Å²) in [6, 6.07) is 6.57. The SMILES string of the molecule is CC(C)c1noc(COC(=O)CCN2C(=O)c3ccccc3C2=O)n1. The zero-order valence-electron chi connectivity index (χ0n) is 13.9. The second kappa shape index (κ2) is 6.84. The van der Waals surface area contributed by atoms with Crippen LogP contribution in [0.4, 0.5) is 0 Å². The number of aromatic nitrogens is 2. The molecule has 8 heteroatoms. The molecule has 1 aromatic heterocycles. The van der Waals surface area contributed by atoms with E-state index in [1.807, 2.05) is 13.8 Å². The summed E-state index contributed by atoms with van der Waals surface area (Å²) in [5.74, 6) is -0.489. The Morgan fingerprint density at radius 3 is 2.40 bits per heavy atom. The van der Waals surface area contributed by atoms with Crippen LogP contribution in [0.5, 0.6) is 0 Å². The fourth-order valence-electron chi connectivity index (χ4n) is 2.42. The Morgan fingerprint density at radius 2 is 1.84 bits per heavy atom. The van der Waals surface area contributed by atoms with E-state index in [9.17, 15) is 14.4 Å². The van der Waals surface area contributed by atoms with E-state index in [-0.39, 0.29) is 31.4 Å². The van der Waals surface area contributed by atoms with Crippen LogP contribution in [-0.2, 0) is 16.1 Å². The predicted octanol–water partition coefficient (Wildman–Crippen LogP) is 1.92. The number of fused-ring (bicyclic) bond motifs is 1. The first-order valence-corrected chi connectivity index (χ1v) is 7.90. The molecule has 2 aromatic rings. The van der Waals surface area contributed by atoms with Crippen LogP contribution in [0, 0.1) is 0 Å². The van der Waals surface area contributed by atoms with Crippen molar-refractivity contribution in [3.63, 3.8) is 0 Å². The maximum atomic E-state index is 12.2. The summed E-state index contributed by atoms with van der Waals surface area (Å²) in [7, 11) is 0. The molecule has 0 atom stereocenters. The van der Waals surface area contributed by atoms with Crippen LogP contribution in [-0.4, -0.2) is 39.4 Å². The number of benzene rings is 1. The van der Waals surface area contributed by atoms with Crippen molar-refractivity contribution in [2.24, 2.45) is 0 Å². The number of carbonyl (C=O) groups excluding carboxylic acids is 3. The third-order valence-electron chi connectivity index (χ3n) is 3.77. The maximum Gasteiger partial charge on any atom is 0.308 e. The normalized spacial score (nSPS) is 13.5. The van der Waals surface area contributed by atoms with Crippen molar-refractivity contribution in [1.82, 2.24) is 15.0 Å². The molecule has 1 aromatic carbocycles. The first-order valence-electron chi connectivity index (χ1n) is 7.90. The highest BCUT2D eigenvalue weighted by Gasteiger charge is 2.35. The fraction of sp³-hybridized carbons (Fsp3) is 0.353. The molecule has 0 aliphatic carbocycles. The van der Waals surface area contributed by atoms with Crippen molar-refractivity contribution in [2.45, 2.75) is 32.8 Å². The number of nitrogens with zero attached hydrogens (tertiary/aromatic N) is 3. The Labute approximate surface area is 143 Å². The monoisotopic (exact) mass is 343 g/mol. The summed E-state index contributed by atoms with van der Waals surface area (Å²) >= 11 is 0. The molecule has 0 radical (unpaired) electrons. The van der Waals surface area contributed by atoms with Gasteiger partial charge in [0.2, 0.25) is 0 Å². The zero-order chi connectivity index (χ0) is 18.0. The number of esters is 1. The summed E-state index contributed by atoms with van der Waals surface area (Å²) in [5.41, 5.74) is 0.709. The van der Waals surface area contributed by atoms with E-state index in [4.69, 9.17) is 9.26 Å². The topological polar surface area (TPSA) is 103 Å². The average molecular weight is 343 g/mol. The van der Waals surface area contributed by atoms with E-state index in [1.54, 1.807) is 24.3 Å². The second-order valence-electron chi connectivity index (χ2n) is 5.92. The van der Waals surface area contributed by atoms with Gasteiger partial charge in [0.15, 0.2) is 12.4 Å². The van der Waals surface area contributed by atoms with Gasteiger partial charge in [0, 0.05) is 12.5 Å². The molecule has 1 aliphatic rings. The van der Waals surface area contributed by atoms with Crippen LogP contribution in [0.15, 0.2) is 28.8 Å².